The molecule has 0 atom stereocenters. The number of nitrogens with zero attached hydrogens (tertiary/aromatic N) is 1. The lowest BCUT2D eigenvalue weighted by molar-refractivity contribution is 0.0950. The van der Waals surface area contributed by atoms with Crippen LogP contribution in [0.25, 0.3) is 0 Å². The van der Waals surface area contributed by atoms with Crippen molar-refractivity contribution in [2.75, 3.05) is 5.32 Å². The van der Waals surface area contributed by atoms with Gasteiger partial charge in [0, 0.05) is 29.4 Å². The molecule has 0 fully saturated rings. The number of hydrogen-bond donors (Lipinski definition) is 2. The van der Waals surface area contributed by atoms with Gasteiger partial charge in [0.1, 0.15) is 17.3 Å². The zero-order valence-corrected chi connectivity index (χ0v) is 13.8. The molecule has 25 heavy (non-hydrogen) atoms. The number of rotatable bonds is 6. The van der Waals surface area contributed by atoms with Gasteiger partial charge in [0.2, 0.25) is 0 Å². The normalized spacial score (nSPS) is 10.5. The standard InChI is InChI=1S/C19H18FN3O2/c1-13-10-17(23-25-13)12-21-16-8-6-14(7-9-16)19(24)22-11-15-4-2-3-5-18(15)20/h2-10,21H,11-12H2,1H3,(H,22,24). The molecule has 3 aromatic rings. The number of anilines is 1. The molecule has 0 aliphatic carbocycles. The van der Waals surface area contributed by atoms with Crippen molar-refractivity contribution in [2.24, 2.45) is 0 Å². The van der Waals surface area contributed by atoms with E-state index in [0.717, 1.165) is 17.1 Å². The lowest BCUT2D eigenvalue weighted by atomic mass is 10.1. The highest BCUT2D eigenvalue weighted by molar-refractivity contribution is 5.94. The van der Waals surface area contributed by atoms with Crippen LogP contribution in [0.1, 0.15) is 27.4 Å². The number of halogens is 1. The fourth-order valence-electron chi connectivity index (χ4n) is 2.35. The van der Waals surface area contributed by atoms with Gasteiger partial charge in [-0.2, -0.15) is 0 Å². The Labute approximate surface area is 144 Å². The van der Waals surface area contributed by atoms with Gasteiger partial charge in [0.25, 0.3) is 5.91 Å². The summed E-state index contributed by atoms with van der Waals surface area (Å²) >= 11 is 0. The largest absolute Gasteiger partial charge is 0.379 e. The molecule has 0 saturated carbocycles. The van der Waals surface area contributed by atoms with Gasteiger partial charge in [0.15, 0.2) is 0 Å². The van der Waals surface area contributed by atoms with E-state index in [1.165, 1.54) is 6.07 Å². The second kappa shape index (κ2) is 7.61. The second-order valence-corrected chi connectivity index (χ2v) is 5.63. The van der Waals surface area contributed by atoms with Crippen LogP contribution in [0.4, 0.5) is 10.1 Å². The van der Waals surface area contributed by atoms with Gasteiger partial charge in [-0.15, -0.1) is 0 Å². The van der Waals surface area contributed by atoms with Crippen molar-refractivity contribution < 1.29 is 13.7 Å². The van der Waals surface area contributed by atoms with Crippen molar-refractivity contribution in [1.29, 1.82) is 0 Å². The Bertz CT molecular complexity index is 859. The Morgan fingerprint density at radius 1 is 1.12 bits per heavy atom. The molecule has 3 rings (SSSR count). The number of amides is 1. The third kappa shape index (κ3) is 4.44. The summed E-state index contributed by atoms with van der Waals surface area (Å²) in [5.41, 5.74) is 2.65. The first-order chi connectivity index (χ1) is 12.1. The maximum atomic E-state index is 13.6. The second-order valence-electron chi connectivity index (χ2n) is 5.63. The van der Waals surface area contributed by atoms with Gasteiger partial charge < -0.3 is 15.2 Å². The Balaban J connectivity index is 1.54. The molecule has 2 aromatic carbocycles. The lowest BCUT2D eigenvalue weighted by Gasteiger charge is -2.08. The van der Waals surface area contributed by atoms with Crippen molar-refractivity contribution in [3.05, 3.63) is 83.0 Å². The van der Waals surface area contributed by atoms with Gasteiger partial charge in [-0.1, -0.05) is 23.4 Å². The fourth-order valence-corrected chi connectivity index (χ4v) is 2.35. The molecule has 0 aliphatic heterocycles. The van der Waals surface area contributed by atoms with Crippen LogP contribution in [0.15, 0.2) is 59.1 Å². The first-order valence-corrected chi connectivity index (χ1v) is 7.89. The van der Waals surface area contributed by atoms with Crippen molar-refractivity contribution in [2.45, 2.75) is 20.0 Å². The molecular weight excluding hydrogens is 321 g/mol. The summed E-state index contributed by atoms with van der Waals surface area (Å²) in [5, 5.41) is 9.82. The van der Waals surface area contributed by atoms with E-state index in [4.69, 9.17) is 4.52 Å². The zero-order chi connectivity index (χ0) is 17.6. The van der Waals surface area contributed by atoms with Crippen molar-refractivity contribution >= 4 is 11.6 Å². The smallest absolute Gasteiger partial charge is 0.251 e. The summed E-state index contributed by atoms with van der Waals surface area (Å²) in [4.78, 5) is 12.1. The van der Waals surface area contributed by atoms with Crippen molar-refractivity contribution in [3.63, 3.8) is 0 Å². The minimum Gasteiger partial charge on any atom is -0.379 e. The summed E-state index contributed by atoms with van der Waals surface area (Å²) in [7, 11) is 0. The number of benzene rings is 2. The van der Waals surface area contributed by atoms with E-state index in [1.54, 1.807) is 30.3 Å². The molecule has 0 spiro atoms. The van der Waals surface area contributed by atoms with E-state index in [2.05, 4.69) is 15.8 Å². The van der Waals surface area contributed by atoms with E-state index in [9.17, 15) is 9.18 Å². The number of aryl methyl sites for hydroxylation is 1. The number of aromatic nitrogens is 1. The molecule has 0 aliphatic rings. The molecule has 0 radical (unpaired) electrons. The molecule has 128 valence electrons. The van der Waals surface area contributed by atoms with Crippen LogP contribution >= 0.6 is 0 Å². The highest BCUT2D eigenvalue weighted by Crippen LogP contribution is 2.12. The first kappa shape index (κ1) is 16.7. The van der Waals surface area contributed by atoms with Crippen LogP contribution in [0.2, 0.25) is 0 Å². The van der Waals surface area contributed by atoms with E-state index in [0.29, 0.717) is 17.7 Å². The lowest BCUT2D eigenvalue weighted by Crippen LogP contribution is -2.23. The monoisotopic (exact) mass is 339 g/mol. The third-order valence-electron chi connectivity index (χ3n) is 3.69. The summed E-state index contributed by atoms with van der Waals surface area (Å²) < 4.78 is 18.6. The van der Waals surface area contributed by atoms with Crippen molar-refractivity contribution in [3.8, 4) is 0 Å². The van der Waals surface area contributed by atoms with Gasteiger partial charge in [-0.3, -0.25) is 4.79 Å². The summed E-state index contributed by atoms with van der Waals surface area (Å²) in [6, 6.07) is 15.3. The third-order valence-corrected chi connectivity index (χ3v) is 3.69. The van der Waals surface area contributed by atoms with E-state index in [-0.39, 0.29) is 18.3 Å². The zero-order valence-electron chi connectivity index (χ0n) is 13.8. The van der Waals surface area contributed by atoms with Crippen molar-refractivity contribution in [1.82, 2.24) is 10.5 Å². The van der Waals surface area contributed by atoms with Crippen LogP contribution in [-0.4, -0.2) is 11.1 Å². The summed E-state index contributed by atoms with van der Waals surface area (Å²) in [6.45, 7) is 2.53. The molecule has 0 saturated heterocycles. The maximum Gasteiger partial charge on any atom is 0.251 e. The average Bonchev–Trinajstić information content (AvgIpc) is 3.05. The molecule has 0 bridgehead atoms. The minimum atomic E-state index is -0.328. The quantitative estimate of drug-likeness (QED) is 0.719. The predicted octanol–water partition coefficient (Wildman–Crippen LogP) is 3.66. The average molecular weight is 339 g/mol. The Morgan fingerprint density at radius 3 is 2.56 bits per heavy atom. The molecular formula is C19H18FN3O2. The number of carbonyl (C=O) groups excluding carboxylic acids is 1. The van der Waals surface area contributed by atoms with Gasteiger partial charge in [-0.05, 0) is 37.3 Å². The molecule has 2 N–H and O–H groups in total. The Morgan fingerprint density at radius 2 is 1.88 bits per heavy atom. The first-order valence-electron chi connectivity index (χ1n) is 7.89. The van der Waals surface area contributed by atoms with Gasteiger partial charge >= 0.3 is 0 Å². The highest BCUT2D eigenvalue weighted by Gasteiger charge is 2.07. The Hall–Kier alpha value is -3.15. The van der Waals surface area contributed by atoms with E-state index in [1.807, 2.05) is 25.1 Å². The number of hydrogen-bond acceptors (Lipinski definition) is 4. The molecule has 1 heterocycles. The molecule has 1 amide bonds. The van der Waals surface area contributed by atoms with E-state index >= 15 is 0 Å². The summed E-state index contributed by atoms with van der Waals surface area (Å²) in [5.74, 6) is 0.186. The molecule has 0 unspecified atom stereocenters. The number of nitrogens with one attached hydrogen (secondary N) is 2. The van der Waals surface area contributed by atoms with Crippen LogP contribution in [0.3, 0.4) is 0 Å². The number of carbonyl (C=O) groups is 1. The van der Waals surface area contributed by atoms with Crippen LogP contribution < -0.4 is 10.6 Å². The molecule has 6 heteroatoms. The van der Waals surface area contributed by atoms with Gasteiger partial charge in [0.05, 0.1) is 6.54 Å². The minimum absolute atomic E-state index is 0.150. The van der Waals surface area contributed by atoms with Crippen LogP contribution in [0, 0.1) is 12.7 Å². The maximum absolute atomic E-state index is 13.6. The summed E-state index contributed by atoms with van der Waals surface area (Å²) in [6.07, 6.45) is 0. The fraction of sp³-hybridized carbons (Fsp3) is 0.158. The molecule has 1 aromatic heterocycles. The van der Waals surface area contributed by atoms with Gasteiger partial charge in [-0.25, -0.2) is 4.39 Å². The SMILES string of the molecule is Cc1cc(CNc2ccc(C(=O)NCc3ccccc3F)cc2)no1. The van der Waals surface area contributed by atoms with Crippen LogP contribution in [0.5, 0.6) is 0 Å². The molecule has 5 nitrogen and oxygen atoms in total. The Kier molecular flexibility index (Phi) is 5.09. The predicted molar refractivity (Wildman–Crippen MR) is 92.6 cm³/mol. The van der Waals surface area contributed by atoms with E-state index < -0.39 is 0 Å². The topological polar surface area (TPSA) is 67.2 Å². The highest BCUT2D eigenvalue weighted by atomic mass is 19.1. The van der Waals surface area contributed by atoms with Crippen LogP contribution in [-0.2, 0) is 13.1 Å².